The molecule has 0 spiro atoms. The summed E-state index contributed by atoms with van der Waals surface area (Å²) in [4.78, 5) is 0. The van der Waals surface area contributed by atoms with Crippen molar-refractivity contribution >= 4 is 5.57 Å². The highest BCUT2D eigenvalue weighted by atomic mass is 14.2. The van der Waals surface area contributed by atoms with Gasteiger partial charge in [0.2, 0.25) is 0 Å². The van der Waals surface area contributed by atoms with Crippen molar-refractivity contribution in [1.82, 2.24) is 0 Å². The second-order valence-corrected chi connectivity index (χ2v) is 3.29. The van der Waals surface area contributed by atoms with Gasteiger partial charge in [-0.15, -0.1) is 0 Å². The molecule has 0 N–H and O–H groups in total. The van der Waals surface area contributed by atoms with Gasteiger partial charge < -0.3 is 0 Å². The molecule has 0 radical (unpaired) electrons. The summed E-state index contributed by atoms with van der Waals surface area (Å²) >= 11 is 0. The Kier molecular flexibility index (Phi) is 1.35. The summed E-state index contributed by atoms with van der Waals surface area (Å²) in [6.07, 6.45) is 1.18. The third-order valence-electron chi connectivity index (χ3n) is 2.48. The van der Waals surface area contributed by atoms with Crippen LogP contribution in [0.3, 0.4) is 0 Å². The minimum absolute atomic E-state index is 0.646. The Morgan fingerprint density at radius 3 is 2.82 bits per heavy atom. The molecule has 0 aromatic heterocycles. The molecule has 0 aliphatic heterocycles. The topological polar surface area (TPSA) is 0 Å². The lowest BCUT2D eigenvalue weighted by atomic mass is 10.0. The normalized spacial score (nSPS) is 21.9. The predicted octanol–water partition coefficient (Wildman–Crippen LogP) is 2.89. The van der Waals surface area contributed by atoms with Crippen LogP contribution in [0.1, 0.15) is 18.1 Å². The van der Waals surface area contributed by atoms with E-state index in [1.165, 1.54) is 23.1 Å². The zero-order chi connectivity index (χ0) is 7.84. The first-order chi connectivity index (χ1) is 5.29. The van der Waals surface area contributed by atoms with E-state index in [-0.39, 0.29) is 0 Å². The Labute approximate surface area is 67.6 Å². The Bertz CT molecular complexity index is 297. The van der Waals surface area contributed by atoms with Crippen molar-refractivity contribution in [2.24, 2.45) is 5.92 Å². The minimum atomic E-state index is 0.646. The number of fused-ring (bicyclic) bond motifs is 1. The van der Waals surface area contributed by atoms with E-state index in [1.807, 2.05) is 0 Å². The molecule has 0 heterocycles. The fourth-order valence-electron chi connectivity index (χ4n) is 1.73. The number of hydrogen-bond acceptors (Lipinski definition) is 0. The van der Waals surface area contributed by atoms with Crippen LogP contribution in [0.15, 0.2) is 30.8 Å². The summed E-state index contributed by atoms with van der Waals surface area (Å²) in [5.41, 5.74) is 4.14. The summed E-state index contributed by atoms with van der Waals surface area (Å²) in [7, 11) is 0. The summed E-state index contributed by atoms with van der Waals surface area (Å²) in [6, 6.07) is 8.55. The zero-order valence-corrected chi connectivity index (χ0v) is 6.80. The van der Waals surface area contributed by atoms with Gasteiger partial charge in [0.1, 0.15) is 0 Å². The van der Waals surface area contributed by atoms with Crippen molar-refractivity contribution < 1.29 is 0 Å². The van der Waals surface area contributed by atoms with Crippen LogP contribution in [-0.4, -0.2) is 0 Å². The highest BCUT2D eigenvalue weighted by Crippen LogP contribution is 2.34. The van der Waals surface area contributed by atoms with Crippen LogP contribution in [0.5, 0.6) is 0 Å². The maximum atomic E-state index is 4.08. The Balaban J connectivity index is 2.55. The Morgan fingerprint density at radius 1 is 1.36 bits per heavy atom. The van der Waals surface area contributed by atoms with Gasteiger partial charge >= 0.3 is 0 Å². The van der Waals surface area contributed by atoms with Crippen LogP contribution in [0.25, 0.3) is 5.57 Å². The molecule has 1 aromatic rings. The molecular formula is C11H12. The first-order valence-electron chi connectivity index (χ1n) is 4.06. The van der Waals surface area contributed by atoms with Crippen molar-refractivity contribution in [3.63, 3.8) is 0 Å². The van der Waals surface area contributed by atoms with Gasteiger partial charge in [-0.25, -0.2) is 0 Å². The average molecular weight is 144 g/mol. The molecular weight excluding hydrogens is 132 g/mol. The third kappa shape index (κ3) is 0.900. The third-order valence-corrected chi connectivity index (χ3v) is 2.48. The van der Waals surface area contributed by atoms with E-state index in [1.54, 1.807) is 0 Å². The van der Waals surface area contributed by atoms with Crippen LogP contribution in [-0.2, 0) is 6.42 Å². The summed E-state index contributed by atoms with van der Waals surface area (Å²) in [6.45, 7) is 6.31. The van der Waals surface area contributed by atoms with Gasteiger partial charge in [0.15, 0.2) is 0 Å². The molecule has 0 saturated heterocycles. The van der Waals surface area contributed by atoms with Crippen LogP contribution < -0.4 is 0 Å². The van der Waals surface area contributed by atoms with Crippen molar-refractivity contribution in [1.29, 1.82) is 0 Å². The fraction of sp³-hybridized carbons (Fsp3) is 0.273. The maximum Gasteiger partial charge on any atom is -0.0150 e. The Morgan fingerprint density at radius 2 is 2.09 bits per heavy atom. The number of allylic oxidation sites excluding steroid dienone is 1. The van der Waals surface area contributed by atoms with Crippen molar-refractivity contribution in [3.8, 4) is 0 Å². The molecule has 1 aliphatic carbocycles. The molecule has 1 atom stereocenters. The molecule has 0 fully saturated rings. The molecule has 1 aromatic carbocycles. The first kappa shape index (κ1) is 6.66. The molecule has 0 bridgehead atoms. The molecule has 0 nitrogen and oxygen atoms in total. The average Bonchev–Trinajstić information content (AvgIpc) is 2.30. The van der Waals surface area contributed by atoms with E-state index in [2.05, 4.69) is 37.8 Å². The summed E-state index contributed by atoms with van der Waals surface area (Å²) in [5, 5.41) is 0. The number of benzene rings is 1. The minimum Gasteiger partial charge on any atom is -0.0949 e. The van der Waals surface area contributed by atoms with Gasteiger partial charge in [0.25, 0.3) is 0 Å². The fourth-order valence-corrected chi connectivity index (χ4v) is 1.73. The van der Waals surface area contributed by atoms with E-state index in [9.17, 15) is 0 Å². The van der Waals surface area contributed by atoms with Gasteiger partial charge in [-0.3, -0.25) is 0 Å². The zero-order valence-electron chi connectivity index (χ0n) is 6.80. The molecule has 11 heavy (non-hydrogen) atoms. The van der Waals surface area contributed by atoms with E-state index < -0.39 is 0 Å². The van der Waals surface area contributed by atoms with E-state index >= 15 is 0 Å². The molecule has 0 heteroatoms. The molecule has 1 unspecified atom stereocenters. The molecule has 1 aliphatic rings. The lowest BCUT2D eigenvalue weighted by Crippen LogP contribution is -1.87. The van der Waals surface area contributed by atoms with Crippen LogP contribution in [0.4, 0.5) is 0 Å². The van der Waals surface area contributed by atoms with E-state index in [0.29, 0.717) is 5.92 Å². The number of rotatable bonds is 0. The van der Waals surface area contributed by atoms with Crippen LogP contribution in [0.2, 0.25) is 0 Å². The van der Waals surface area contributed by atoms with E-state index in [0.717, 1.165) is 0 Å². The van der Waals surface area contributed by atoms with Crippen LogP contribution >= 0.6 is 0 Å². The molecule has 0 saturated carbocycles. The molecule has 56 valence electrons. The molecule has 0 amide bonds. The van der Waals surface area contributed by atoms with Crippen molar-refractivity contribution in [2.45, 2.75) is 13.3 Å². The summed E-state index contributed by atoms with van der Waals surface area (Å²) in [5.74, 6) is 0.646. The second kappa shape index (κ2) is 2.23. The van der Waals surface area contributed by atoms with Crippen molar-refractivity contribution in [3.05, 3.63) is 42.0 Å². The predicted molar refractivity (Wildman–Crippen MR) is 48.3 cm³/mol. The van der Waals surface area contributed by atoms with Crippen molar-refractivity contribution in [2.75, 3.05) is 0 Å². The standard InChI is InChI=1S/C11H12/c1-8-7-10-5-3-4-6-11(10)9(8)2/h3-6,8H,2,7H2,1H3. The maximum absolute atomic E-state index is 4.08. The summed E-state index contributed by atoms with van der Waals surface area (Å²) < 4.78 is 0. The number of hydrogen-bond donors (Lipinski definition) is 0. The second-order valence-electron chi connectivity index (χ2n) is 3.29. The first-order valence-corrected chi connectivity index (χ1v) is 4.06. The van der Waals surface area contributed by atoms with Gasteiger partial charge in [-0.1, -0.05) is 37.8 Å². The van der Waals surface area contributed by atoms with Gasteiger partial charge in [0, 0.05) is 0 Å². The monoisotopic (exact) mass is 144 g/mol. The van der Waals surface area contributed by atoms with Gasteiger partial charge in [-0.05, 0) is 29.0 Å². The highest BCUT2D eigenvalue weighted by molar-refractivity contribution is 5.72. The molecule has 2 rings (SSSR count). The Hall–Kier alpha value is -1.04. The van der Waals surface area contributed by atoms with Crippen LogP contribution in [0, 0.1) is 5.92 Å². The SMILES string of the molecule is C=C1c2ccccc2CC1C. The smallest absolute Gasteiger partial charge is 0.0150 e. The highest BCUT2D eigenvalue weighted by Gasteiger charge is 2.20. The largest absolute Gasteiger partial charge is 0.0949 e. The lowest BCUT2D eigenvalue weighted by Gasteiger charge is -2.00. The lowest BCUT2D eigenvalue weighted by molar-refractivity contribution is 0.782. The van der Waals surface area contributed by atoms with Gasteiger partial charge in [0.05, 0.1) is 0 Å². The quantitative estimate of drug-likeness (QED) is 0.525. The van der Waals surface area contributed by atoms with Gasteiger partial charge in [-0.2, -0.15) is 0 Å². The van der Waals surface area contributed by atoms with E-state index in [4.69, 9.17) is 0 Å².